The number of aliphatic hydroxyl groups excluding tert-OH is 1. The molecule has 1 aromatic carbocycles. The number of hydrogen-bond donors (Lipinski definition) is 4. The summed E-state index contributed by atoms with van der Waals surface area (Å²) in [5, 5.41) is 12.4. The predicted molar refractivity (Wildman–Crippen MR) is 105 cm³/mol. The van der Waals surface area contributed by atoms with E-state index in [9.17, 15) is 32.0 Å². The van der Waals surface area contributed by atoms with Crippen molar-refractivity contribution in [3.63, 3.8) is 0 Å². The smallest absolute Gasteiger partial charge is 0.325 e. The number of urea groups is 1. The van der Waals surface area contributed by atoms with Crippen LogP contribution >= 0.6 is 7.60 Å². The highest BCUT2D eigenvalue weighted by molar-refractivity contribution is 7.51. The van der Waals surface area contributed by atoms with E-state index in [0.717, 1.165) is 6.08 Å². The molecule has 2 unspecified atom stereocenters. The molecule has 1 aliphatic rings. The lowest BCUT2D eigenvalue weighted by Crippen LogP contribution is -2.35. The summed E-state index contributed by atoms with van der Waals surface area (Å²) in [6, 6.07) is 5.47. The third-order valence-corrected chi connectivity index (χ3v) is 5.69. The molecule has 0 bridgehead atoms. The summed E-state index contributed by atoms with van der Waals surface area (Å²) in [6.07, 6.45) is -2.82. The largest absolute Gasteiger partial charge is 0.382 e. The monoisotopic (exact) mass is 468 g/mol. The van der Waals surface area contributed by atoms with Crippen LogP contribution < -0.4 is 5.32 Å². The van der Waals surface area contributed by atoms with Crippen LogP contribution in [0.2, 0.25) is 0 Å². The molecule has 2 amide bonds. The summed E-state index contributed by atoms with van der Waals surface area (Å²) < 4.78 is 67.0. The maximum Gasteiger partial charge on any atom is 0.325 e. The number of aliphatic hydroxyl groups is 1. The molecule has 1 aliphatic heterocycles. The number of benzene rings is 1. The van der Waals surface area contributed by atoms with E-state index in [1.807, 2.05) is 0 Å². The molecule has 2 atom stereocenters. The van der Waals surface area contributed by atoms with Crippen molar-refractivity contribution in [1.29, 1.82) is 0 Å². The molecular formula is C19H25F4N2O5P. The zero-order valence-corrected chi connectivity index (χ0v) is 17.4. The average molecular weight is 468 g/mol. The number of nitrogens with zero attached hydrogens (tertiary/aromatic N) is 1. The first-order chi connectivity index (χ1) is 14.3. The van der Waals surface area contributed by atoms with Crippen LogP contribution in [0.1, 0.15) is 24.8 Å². The van der Waals surface area contributed by atoms with E-state index in [2.05, 4.69) is 5.32 Å². The van der Waals surface area contributed by atoms with Crippen molar-refractivity contribution in [1.82, 2.24) is 10.2 Å². The first-order valence-electron chi connectivity index (χ1n) is 9.58. The lowest BCUT2D eigenvalue weighted by Gasteiger charge is -2.24. The minimum absolute atomic E-state index is 0.0631. The van der Waals surface area contributed by atoms with Gasteiger partial charge in [-0.05, 0) is 6.42 Å². The minimum atomic E-state index is -4.54. The van der Waals surface area contributed by atoms with Gasteiger partial charge in [-0.2, -0.15) is 8.78 Å². The van der Waals surface area contributed by atoms with Crippen molar-refractivity contribution in [2.24, 2.45) is 0 Å². The summed E-state index contributed by atoms with van der Waals surface area (Å²) in [4.78, 5) is 30.6. The van der Waals surface area contributed by atoms with Crippen LogP contribution in [0.15, 0.2) is 42.5 Å². The first kappa shape index (κ1) is 25.3. The number of alkyl halides is 4. The number of carbonyl (C=O) groups is 1. The number of hydrogen-bond acceptors (Lipinski definition) is 3. The fourth-order valence-electron chi connectivity index (χ4n) is 3.12. The van der Waals surface area contributed by atoms with Gasteiger partial charge in [-0.15, -0.1) is 0 Å². The van der Waals surface area contributed by atoms with Crippen LogP contribution in [0.25, 0.3) is 0 Å². The highest BCUT2D eigenvalue weighted by Crippen LogP contribution is 2.39. The number of nitrogens with one attached hydrogen (secondary N) is 1. The molecule has 0 aromatic heterocycles. The van der Waals surface area contributed by atoms with Gasteiger partial charge in [0.25, 0.3) is 0 Å². The van der Waals surface area contributed by atoms with Gasteiger partial charge in [-0.1, -0.05) is 42.5 Å². The van der Waals surface area contributed by atoms with Gasteiger partial charge in [-0.3, -0.25) is 4.57 Å². The fourth-order valence-corrected chi connectivity index (χ4v) is 3.74. The van der Waals surface area contributed by atoms with Crippen molar-refractivity contribution in [3.8, 4) is 0 Å². The second-order valence-electron chi connectivity index (χ2n) is 7.36. The van der Waals surface area contributed by atoms with Gasteiger partial charge in [0.15, 0.2) is 0 Å². The SMILES string of the molecule is O=C1NCC(C=CC(O)C(F)(F)c2ccccc2)N1CCCC(F)(F)CCP(=O)(O)O. The van der Waals surface area contributed by atoms with Crippen LogP contribution in [0.5, 0.6) is 0 Å². The standard InChI is InChI=1S/C19H25F4N2O5P/c20-18(21,10-12-31(28,29)30)9-4-11-25-15(13-24-17(25)27)7-8-16(26)19(22,23)14-5-2-1-3-6-14/h1-3,5-8,15-16,26H,4,9-13H2,(H,24,27)(H2,28,29,30). The third kappa shape index (κ3) is 7.60. The highest BCUT2D eigenvalue weighted by Gasteiger charge is 2.39. The van der Waals surface area contributed by atoms with Gasteiger partial charge in [0.05, 0.1) is 12.2 Å². The van der Waals surface area contributed by atoms with E-state index in [1.165, 1.54) is 35.2 Å². The quantitative estimate of drug-likeness (QED) is 0.227. The maximum atomic E-state index is 14.4. The molecule has 1 heterocycles. The summed E-state index contributed by atoms with van der Waals surface area (Å²) in [5.41, 5.74) is -0.373. The molecule has 31 heavy (non-hydrogen) atoms. The van der Waals surface area contributed by atoms with E-state index in [1.54, 1.807) is 6.07 Å². The van der Waals surface area contributed by atoms with Crippen molar-refractivity contribution >= 4 is 13.6 Å². The second kappa shape index (κ2) is 10.1. The molecule has 0 saturated carbocycles. The predicted octanol–water partition coefficient (Wildman–Crippen LogP) is 3.07. The molecule has 1 aromatic rings. The number of amides is 2. The Kier molecular flexibility index (Phi) is 8.27. The Balaban J connectivity index is 1.93. The Morgan fingerprint density at radius 2 is 1.84 bits per heavy atom. The second-order valence-corrected chi connectivity index (χ2v) is 9.14. The van der Waals surface area contributed by atoms with E-state index in [4.69, 9.17) is 9.79 Å². The topological polar surface area (TPSA) is 110 Å². The zero-order chi connectivity index (χ0) is 23.3. The van der Waals surface area contributed by atoms with Gasteiger partial charge in [-0.25, -0.2) is 13.6 Å². The van der Waals surface area contributed by atoms with Crippen molar-refractivity contribution < 1.29 is 41.8 Å². The molecule has 7 nitrogen and oxygen atoms in total. The minimum Gasteiger partial charge on any atom is -0.382 e. The number of carbonyl (C=O) groups excluding carboxylic acids is 1. The van der Waals surface area contributed by atoms with Gasteiger partial charge in [0.1, 0.15) is 6.10 Å². The van der Waals surface area contributed by atoms with E-state index in [-0.39, 0.29) is 25.1 Å². The molecule has 0 radical (unpaired) electrons. The molecule has 1 fully saturated rings. The number of rotatable bonds is 11. The first-order valence-corrected chi connectivity index (χ1v) is 11.4. The summed E-state index contributed by atoms with van der Waals surface area (Å²) >= 11 is 0. The summed E-state index contributed by atoms with van der Waals surface area (Å²) in [7, 11) is -4.54. The number of halogens is 4. The Labute approximate surface area is 176 Å². The van der Waals surface area contributed by atoms with Crippen molar-refractivity contribution in [2.75, 3.05) is 19.3 Å². The lowest BCUT2D eigenvalue weighted by molar-refractivity contribution is -0.0929. The van der Waals surface area contributed by atoms with Crippen molar-refractivity contribution in [3.05, 3.63) is 48.0 Å². The molecule has 174 valence electrons. The Bertz CT molecular complexity index is 819. The summed E-state index contributed by atoms with van der Waals surface area (Å²) in [6.45, 7) is -0.0505. The van der Waals surface area contributed by atoms with E-state index < -0.39 is 56.6 Å². The van der Waals surface area contributed by atoms with Crippen LogP contribution in [0, 0.1) is 0 Å². The molecule has 0 aliphatic carbocycles. The molecule has 12 heteroatoms. The van der Waals surface area contributed by atoms with E-state index >= 15 is 0 Å². The van der Waals surface area contributed by atoms with Crippen LogP contribution in [0.4, 0.5) is 22.4 Å². The molecule has 0 spiro atoms. The fraction of sp³-hybridized carbons (Fsp3) is 0.526. The molecule has 1 saturated heterocycles. The third-order valence-electron chi connectivity index (χ3n) is 4.88. The van der Waals surface area contributed by atoms with Gasteiger partial charge >= 0.3 is 19.5 Å². The van der Waals surface area contributed by atoms with Crippen LogP contribution in [-0.4, -0.2) is 63.1 Å². The zero-order valence-electron chi connectivity index (χ0n) is 16.5. The summed E-state index contributed by atoms with van der Waals surface area (Å²) in [5.74, 6) is -6.86. The molecular weight excluding hydrogens is 443 g/mol. The Hall–Kier alpha value is -1.94. The Morgan fingerprint density at radius 3 is 2.45 bits per heavy atom. The van der Waals surface area contributed by atoms with Crippen LogP contribution in [0.3, 0.4) is 0 Å². The molecule has 2 rings (SSSR count). The van der Waals surface area contributed by atoms with Crippen LogP contribution in [-0.2, 0) is 10.5 Å². The Morgan fingerprint density at radius 1 is 1.19 bits per heavy atom. The highest BCUT2D eigenvalue weighted by atomic mass is 31.2. The maximum absolute atomic E-state index is 14.4. The lowest BCUT2D eigenvalue weighted by atomic mass is 10.0. The average Bonchev–Trinajstić information content (AvgIpc) is 3.04. The van der Waals surface area contributed by atoms with Gasteiger partial charge in [0.2, 0.25) is 5.92 Å². The van der Waals surface area contributed by atoms with E-state index in [0.29, 0.717) is 0 Å². The van der Waals surface area contributed by atoms with Crippen molar-refractivity contribution in [2.45, 2.75) is 43.3 Å². The van der Waals surface area contributed by atoms with Gasteiger partial charge < -0.3 is 25.1 Å². The molecule has 4 N–H and O–H groups in total. The van der Waals surface area contributed by atoms with Gasteiger partial charge in [0, 0.05) is 31.5 Å². The normalized spacial score (nSPS) is 19.1.